The van der Waals surface area contributed by atoms with Gasteiger partial charge in [-0.1, -0.05) is 30.3 Å². The molecule has 0 radical (unpaired) electrons. The van der Waals surface area contributed by atoms with Gasteiger partial charge in [0, 0.05) is 11.9 Å². The van der Waals surface area contributed by atoms with Crippen molar-refractivity contribution in [3.05, 3.63) is 55.8 Å². The first-order valence-electron chi connectivity index (χ1n) is 5.99. The number of rotatable bonds is 4. The molecule has 0 saturated heterocycles. The quantitative estimate of drug-likeness (QED) is 0.658. The van der Waals surface area contributed by atoms with Crippen molar-refractivity contribution in [1.29, 1.82) is 0 Å². The van der Waals surface area contributed by atoms with E-state index in [4.69, 9.17) is 0 Å². The summed E-state index contributed by atoms with van der Waals surface area (Å²) in [5, 5.41) is 1.58. The van der Waals surface area contributed by atoms with Gasteiger partial charge in [0.15, 0.2) is 0 Å². The molecule has 0 atom stereocenters. The van der Waals surface area contributed by atoms with Crippen molar-refractivity contribution < 1.29 is 18.0 Å². The number of hydrogen-bond acceptors (Lipinski definition) is 2. The van der Waals surface area contributed by atoms with Crippen LogP contribution in [0.2, 0.25) is 0 Å². The van der Waals surface area contributed by atoms with Crippen LogP contribution in [0.4, 0.5) is 13.2 Å². The van der Waals surface area contributed by atoms with E-state index >= 15 is 0 Å². The fraction of sp³-hybridized carbons (Fsp3) is 0.214. The zero-order valence-corrected chi connectivity index (χ0v) is 13.7. The highest BCUT2D eigenvalue weighted by Gasteiger charge is 2.33. The van der Waals surface area contributed by atoms with E-state index in [1.807, 2.05) is 22.6 Å². The summed E-state index contributed by atoms with van der Waals surface area (Å²) in [5.74, 6) is -0.602. The Morgan fingerprint density at radius 3 is 2.43 bits per heavy atom. The van der Waals surface area contributed by atoms with Crippen molar-refractivity contribution in [3.8, 4) is 0 Å². The van der Waals surface area contributed by atoms with E-state index < -0.39 is 18.6 Å². The maximum absolute atomic E-state index is 12.7. The van der Waals surface area contributed by atoms with Gasteiger partial charge >= 0.3 is 6.18 Å². The van der Waals surface area contributed by atoms with Gasteiger partial charge in [0.1, 0.15) is 6.54 Å². The summed E-state index contributed by atoms with van der Waals surface area (Å²) in [6.07, 6.45) is -4.42. The molecule has 2 aromatic rings. The van der Waals surface area contributed by atoms with Crippen molar-refractivity contribution in [1.82, 2.24) is 4.90 Å². The summed E-state index contributed by atoms with van der Waals surface area (Å²) in [6, 6.07) is 10.3. The molecule has 1 heterocycles. The van der Waals surface area contributed by atoms with E-state index in [-0.39, 0.29) is 6.54 Å². The van der Waals surface area contributed by atoms with Crippen LogP contribution in [0, 0.1) is 2.88 Å². The van der Waals surface area contributed by atoms with Gasteiger partial charge in [0.25, 0.3) is 5.91 Å². The van der Waals surface area contributed by atoms with Gasteiger partial charge in [0.2, 0.25) is 0 Å². The molecule has 1 aromatic heterocycles. The van der Waals surface area contributed by atoms with E-state index in [0.29, 0.717) is 11.1 Å². The molecule has 0 saturated carbocycles. The van der Waals surface area contributed by atoms with Crippen LogP contribution in [-0.4, -0.2) is 23.5 Å². The monoisotopic (exact) mass is 425 g/mol. The second kappa shape index (κ2) is 6.78. The third-order valence-electron chi connectivity index (χ3n) is 2.69. The van der Waals surface area contributed by atoms with Gasteiger partial charge in [-0.05, 0) is 34.2 Å². The molecule has 0 aliphatic heterocycles. The fourth-order valence-electron chi connectivity index (χ4n) is 1.82. The van der Waals surface area contributed by atoms with E-state index in [9.17, 15) is 18.0 Å². The van der Waals surface area contributed by atoms with Crippen LogP contribution in [0.3, 0.4) is 0 Å². The van der Waals surface area contributed by atoms with Crippen LogP contribution < -0.4 is 0 Å². The summed E-state index contributed by atoms with van der Waals surface area (Å²) in [6.45, 7) is -1.32. The number of carbonyl (C=O) groups is 1. The Labute approximate surface area is 137 Å². The largest absolute Gasteiger partial charge is 0.406 e. The lowest BCUT2D eigenvalue weighted by molar-refractivity contribution is -0.141. The molecule has 2 nitrogen and oxygen atoms in total. The lowest BCUT2D eigenvalue weighted by Crippen LogP contribution is -2.38. The highest BCUT2D eigenvalue weighted by Crippen LogP contribution is 2.23. The molecular formula is C14H11F3INOS. The van der Waals surface area contributed by atoms with Crippen LogP contribution in [-0.2, 0) is 6.54 Å². The Bertz CT molecular complexity index is 612. The van der Waals surface area contributed by atoms with Crippen LogP contribution >= 0.6 is 33.9 Å². The van der Waals surface area contributed by atoms with Crippen LogP contribution in [0.15, 0.2) is 41.8 Å². The van der Waals surface area contributed by atoms with Crippen LogP contribution in [0.25, 0.3) is 0 Å². The Morgan fingerprint density at radius 2 is 1.90 bits per heavy atom. The first-order chi connectivity index (χ1) is 9.85. The fourth-order valence-corrected chi connectivity index (χ4v) is 3.14. The van der Waals surface area contributed by atoms with Gasteiger partial charge in [-0.3, -0.25) is 4.79 Å². The van der Waals surface area contributed by atoms with E-state index in [1.54, 1.807) is 41.8 Å². The minimum atomic E-state index is -4.42. The van der Waals surface area contributed by atoms with Crippen molar-refractivity contribution in [2.75, 3.05) is 6.54 Å². The van der Waals surface area contributed by atoms with E-state index in [2.05, 4.69) is 0 Å². The highest BCUT2D eigenvalue weighted by molar-refractivity contribution is 14.1. The number of hydrogen-bond donors (Lipinski definition) is 0. The minimum Gasteiger partial charge on any atom is -0.325 e. The summed E-state index contributed by atoms with van der Waals surface area (Å²) in [4.78, 5) is 13.1. The number of halogens is 4. The molecule has 2 rings (SSSR count). The SMILES string of the molecule is O=C(c1csc(I)c1)N(Cc1ccccc1)CC(F)(F)F. The second-order valence-corrected chi connectivity index (χ2v) is 7.21. The maximum atomic E-state index is 12.7. The summed E-state index contributed by atoms with van der Waals surface area (Å²) < 4.78 is 39.0. The molecule has 21 heavy (non-hydrogen) atoms. The molecule has 0 unspecified atom stereocenters. The smallest absolute Gasteiger partial charge is 0.325 e. The van der Waals surface area contributed by atoms with Crippen molar-refractivity contribution in [2.24, 2.45) is 0 Å². The highest BCUT2D eigenvalue weighted by atomic mass is 127. The van der Waals surface area contributed by atoms with E-state index in [1.165, 1.54) is 11.3 Å². The molecule has 112 valence electrons. The number of benzene rings is 1. The molecule has 7 heteroatoms. The lowest BCUT2D eigenvalue weighted by Gasteiger charge is -2.23. The summed E-state index contributed by atoms with van der Waals surface area (Å²) >= 11 is 3.37. The average molecular weight is 425 g/mol. The minimum absolute atomic E-state index is 0.0639. The summed E-state index contributed by atoms with van der Waals surface area (Å²) in [5.41, 5.74) is 0.963. The zero-order chi connectivity index (χ0) is 15.5. The van der Waals surface area contributed by atoms with Gasteiger partial charge in [-0.2, -0.15) is 13.2 Å². The molecular weight excluding hydrogens is 414 g/mol. The topological polar surface area (TPSA) is 20.3 Å². The first kappa shape index (κ1) is 16.3. The molecule has 0 aliphatic carbocycles. The van der Waals surface area contributed by atoms with Crippen LogP contribution in [0.1, 0.15) is 15.9 Å². The molecule has 0 N–H and O–H groups in total. The number of thiophene rings is 1. The Morgan fingerprint density at radius 1 is 1.24 bits per heavy atom. The summed E-state index contributed by atoms with van der Waals surface area (Å²) in [7, 11) is 0. The van der Waals surface area contributed by atoms with Crippen molar-refractivity contribution >= 4 is 39.8 Å². The number of nitrogens with zero attached hydrogens (tertiary/aromatic N) is 1. The zero-order valence-electron chi connectivity index (χ0n) is 10.7. The molecule has 0 bridgehead atoms. The normalized spacial score (nSPS) is 11.4. The van der Waals surface area contributed by atoms with Gasteiger partial charge in [0.05, 0.1) is 8.45 Å². The maximum Gasteiger partial charge on any atom is 0.406 e. The molecule has 0 fully saturated rings. The Balaban J connectivity index is 2.21. The molecule has 1 aromatic carbocycles. The van der Waals surface area contributed by atoms with Gasteiger partial charge in [-0.15, -0.1) is 11.3 Å². The Hall–Kier alpha value is -1.09. The third kappa shape index (κ3) is 4.99. The standard InChI is InChI=1S/C14H11F3INOS/c15-14(16,17)9-19(7-10-4-2-1-3-5-10)13(20)11-6-12(18)21-8-11/h1-6,8H,7,9H2. The molecule has 0 aliphatic rings. The second-order valence-electron chi connectivity index (χ2n) is 4.40. The number of carbonyl (C=O) groups excluding carboxylic acids is 1. The average Bonchev–Trinajstić information content (AvgIpc) is 2.83. The van der Waals surface area contributed by atoms with Gasteiger partial charge in [-0.25, -0.2) is 0 Å². The predicted octanol–water partition coefficient (Wildman–Crippen LogP) is 4.56. The predicted molar refractivity (Wildman–Crippen MR) is 84.3 cm³/mol. The lowest BCUT2D eigenvalue weighted by atomic mass is 10.2. The molecule has 1 amide bonds. The molecule has 0 spiro atoms. The van der Waals surface area contributed by atoms with Crippen LogP contribution in [0.5, 0.6) is 0 Å². The van der Waals surface area contributed by atoms with Crippen molar-refractivity contribution in [2.45, 2.75) is 12.7 Å². The van der Waals surface area contributed by atoms with E-state index in [0.717, 1.165) is 7.78 Å². The first-order valence-corrected chi connectivity index (χ1v) is 7.95. The van der Waals surface area contributed by atoms with Gasteiger partial charge < -0.3 is 4.90 Å². The Kier molecular flexibility index (Phi) is 5.26. The van der Waals surface area contributed by atoms with Crippen molar-refractivity contribution in [3.63, 3.8) is 0 Å². The third-order valence-corrected chi connectivity index (χ3v) is 4.48. The number of alkyl halides is 3. The number of amides is 1.